The second-order valence-electron chi connectivity index (χ2n) is 2.70. The molecule has 0 aromatic heterocycles. The number of allylic oxidation sites excluding steroid dienone is 4. The van der Waals surface area contributed by atoms with Crippen LogP contribution < -0.4 is 5.32 Å². The number of thiocarbonyl (C=S) groups is 1. The highest BCUT2D eigenvalue weighted by Gasteiger charge is 2.08. The summed E-state index contributed by atoms with van der Waals surface area (Å²) in [6.07, 6.45) is 7.49. The van der Waals surface area contributed by atoms with Crippen LogP contribution >= 0.6 is 12.2 Å². The monoisotopic (exact) mass is 181 g/mol. The van der Waals surface area contributed by atoms with Crippen molar-refractivity contribution in [2.45, 2.75) is 19.4 Å². The van der Waals surface area contributed by atoms with Crippen LogP contribution in [0, 0.1) is 0 Å². The Morgan fingerprint density at radius 2 is 2.50 bits per heavy atom. The summed E-state index contributed by atoms with van der Waals surface area (Å²) in [5.74, 6) is 0. The summed E-state index contributed by atoms with van der Waals surface area (Å²) >= 11 is 5.10. The van der Waals surface area contributed by atoms with Crippen molar-refractivity contribution in [3.05, 3.63) is 23.9 Å². The van der Waals surface area contributed by atoms with Crippen LogP contribution in [0.25, 0.3) is 0 Å². The summed E-state index contributed by atoms with van der Waals surface area (Å²) in [6.45, 7) is 1.80. The Morgan fingerprint density at radius 1 is 1.75 bits per heavy atom. The highest BCUT2D eigenvalue weighted by Crippen LogP contribution is 2.07. The minimum Gasteiger partial charge on any atom is -0.375 e. The Kier molecular flexibility index (Phi) is 3.17. The molecule has 0 saturated carbocycles. The molecule has 0 radical (unpaired) electrons. The summed E-state index contributed by atoms with van der Waals surface area (Å²) in [5, 5.41) is 3.02. The van der Waals surface area contributed by atoms with Crippen LogP contribution in [-0.4, -0.2) is 17.2 Å². The number of rotatable bonds is 3. The fourth-order valence-electron chi connectivity index (χ4n) is 0.950. The van der Waals surface area contributed by atoms with E-state index in [4.69, 9.17) is 12.2 Å². The lowest BCUT2D eigenvalue weighted by Gasteiger charge is -2.14. The van der Waals surface area contributed by atoms with Crippen LogP contribution in [0.3, 0.4) is 0 Å². The molecule has 12 heavy (non-hydrogen) atoms. The van der Waals surface area contributed by atoms with E-state index in [2.05, 4.69) is 5.32 Å². The van der Waals surface area contributed by atoms with Gasteiger partial charge in [0.2, 0.25) is 0 Å². The molecule has 1 atom stereocenters. The zero-order valence-corrected chi connectivity index (χ0v) is 7.73. The summed E-state index contributed by atoms with van der Waals surface area (Å²) in [6, 6.07) is -0.166. The summed E-state index contributed by atoms with van der Waals surface area (Å²) in [7, 11) is 0. The lowest BCUT2D eigenvalue weighted by atomic mass is 10.1. The van der Waals surface area contributed by atoms with Gasteiger partial charge in [-0.1, -0.05) is 24.4 Å². The fourth-order valence-corrected chi connectivity index (χ4v) is 1.17. The lowest BCUT2D eigenvalue weighted by Crippen LogP contribution is -2.30. The molecule has 3 heteroatoms. The van der Waals surface area contributed by atoms with Crippen LogP contribution in [0.2, 0.25) is 0 Å². The van der Waals surface area contributed by atoms with Gasteiger partial charge in [-0.25, -0.2) is 0 Å². The maximum absolute atomic E-state index is 10.3. The summed E-state index contributed by atoms with van der Waals surface area (Å²) < 4.78 is 0. The molecule has 0 aliphatic heterocycles. The molecular formula is C9H11NOS. The number of carbonyl (C=O) groups is 1. The third-order valence-electron chi connectivity index (χ3n) is 1.59. The van der Waals surface area contributed by atoms with Gasteiger partial charge in [0.15, 0.2) is 0 Å². The molecule has 0 aromatic carbocycles. The maximum atomic E-state index is 10.3. The molecule has 0 aromatic rings. The average Bonchev–Trinajstić information content (AvgIpc) is 2.09. The molecule has 0 amide bonds. The van der Waals surface area contributed by atoms with Gasteiger partial charge in [0.1, 0.15) is 6.29 Å². The molecule has 2 nitrogen and oxygen atoms in total. The van der Waals surface area contributed by atoms with E-state index in [0.717, 1.165) is 23.3 Å². The molecule has 1 N–H and O–H groups in total. The van der Waals surface area contributed by atoms with E-state index in [0.29, 0.717) is 0 Å². The molecule has 0 saturated heterocycles. The molecule has 64 valence electrons. The minimum atomic E-state index is -0.166. The van der Waals surface area contributed by atoms with Gasteiger partial charge in [0.25, 0.3) is 0 Å². The van der Waals surface area contributed by atoms with Crippen LogP contribution in [-0.2, 0) is 4.79 Å². The van der Waals surface area contributed by atoms with Crippen LogP contribution in [0.4, 0.5) is 0 Å². The molecule has 0 bridgehead atoms. The van der Waals surface area contributed by atoms with E-state index in [9.17, 15) is 4.79 Å². The second-order valence-corrected chi connectivity index (χ2v) is 3.20. The van der Waals surface area contributed by atoms with Crippen molar-refractivity contribution in [1.29, 1.82) is 0 Å². The Labute approximate surface area is 77.3 Å². The molecule has 0 spiro atoms. The zero-order chi connectivity index (χ0) is 8.97. The first-order valence-corrected chi connectivity index (χ1v) is 4.26. The van der Waals surface area contributed by atoms with Gasteiger partial charge in [-0.05, 0) is 13.0 Å². The normalized spacial score (nSPS) is 18.4. The number of aldehydes is 1. The standard InChI is InChI=1S/C9H11NOS/c1-7(6-11)10-8-4-2-3-5-9(8)12/h2-4,6-7,10H,5H2,1H3/t7-/m0/s1. The lowest BCUT2D eigenvalue weighted by molar-refractivity contribution is -0.109. The SMILES string of the molecule is C[C@@H](C=O)NC1=CC=CCC1=S. The molecule has 1 aliphatic carbocycles. The Bertz CT molecular complexity index is 255. The quantitative estimate of drug-likeness (QED) is 0.527. The Morgan fingerprint density at radius 3 is 3.08 bits per heavy atom. The van der Waals surface area contributed by atoms with Crippen molar-refractivity contribution in [2.75, 3.05) is 0 Å². The number of hydrogen-bond acceptors (Lipinski definition) is 3. The minimum absolute atomic E-state index is 0.166. The summed E-state index contributed by atoms with van der Waals surface area (Å²) in [5.41, 5.74) is 0.895. The van der Waals surface area contributed by atoms with E-state index in [1.165, 1.54) is 0 Å². The topological polar surface area (TPSA) is 29.1 Å². The second kappa shape index (κ2) is 4.16. The van der Waals surface area contributed by atoms with Gasteiger partial charge >= 0.3 is 0 Å². The largest absolute Gasteiger partial charge is 0.375 e. The van der Waals surface area contributed by atoms with Crippen molar-refractivity contribution in [1.82, 2.24) is 5.32 Å². The fraction of sp³-hybridized carbons (Fsp3) is 0.333. The first-order chi connectivity index (χ1) is 5.74. The smallest absolute Gasteiger partial charge is 0.141 e. The third-order valence-corrected chi connectivity index (χ3v) is 1.98. The summed E-state index contributed by atoms with van der Waals surface area (Å²) in [4.78, 5) is 11.2. The van der Waals surface area contributed by atoms with Gasteiger partial charge in [0, 0.05) is 17.0 Å². The highest BCUT2D eigenvalue weighted by atomic mass is 32.1. The molecule has 1 rings (SSSR count). The molecule has 0 fully saturated rings. The van der Waals surface area contributed by atoms with E-state index in [-0.39, 0.29) is 6.04 Å². The molecule has 0 heterocycles. The zero-order valence-electron chi connectivity index (χ0n) is 6.91. The van der Waals surface area contributed by atoms with Gasteiger partial charge in [0.05, 0.1) is 6.04 Å². The van der Waals surface area contributed by atoms with Crippen LogP contribution in [0.5, 0.6) is 0 Å². The van der Waals surface area contributed by atoms with Crippen LogP contribution in [0.15, 0.2) is 23.9 Å². The molecule has 0 unspecified atom stereocenters. The van der Waals surface area contributed by atoms with Gasteiger partial charge in [-0.2, -0.15) is 0 Å². The first-order valence-electron chi connectivity index (χ1n) is 3.86. The van der Waals surface area contributed by atoms with Gasteiger partial charge < -0.3 is 10.1 Å². The highest BCUT2D eigenvalue weighted by molar-refractivity contribution is 7.80. The third kappa shape index (κ3) is 2.27. The first kappa shape index (κ1) is 9.13. The Hall–Kier alpha value is -0.960. The van der Waals surface area contributed by atoms with Crippen molar-refractivity contribution in [2.24, 2.45) is 0 Å². The van der Waals surface area contributed by atoms with Crippen molar-refractivity contribution in [3.63, 3.8) is 0 Å². The van der Waals surface area contributed by atoms with E-state index in [1.807, 2.05) is 18.2 Å². The van der Waals surface area contributed by atoms with Crippen LogP contribution in [0.1, 0.15) is 13.3 Å². The Balaban J connectivity index is 2.61. The maximum Gasteiger partial charge on any atom is 0.141 e. The predicted molar refractivity (Wildman–Crippen MR) is 53.1 cm³/mol. The molecule has 1 aliphatic rings. The van der Waals surface area contributed by atoms with E-state index < -0.39 is 0 Å². The van der Waals surface area contributed by atoms with Crippen molar-refractivity contribution < 1.29 is 4.79 Å². The van der Waals surface area contributed by atoms with Gasteiger partial charge in [-0.15, -0.1) is 0 Å². The number of nitrogens with one attached hydrogen (secondary N) is 1. The number of hydrogen-bond donors (Lipinski definition) is 1. The van der Waals surface area contributed by atoms with Gasteiger partial charge in [-0.3, -0.25) is 0 Å². The van der Waals surface area contributed by atoms with Crippen molar-refractivity contribution in [3.8, 4) is 0 Å². The van der Waals surface area contributed by atoms with E-state index >= 15 is 0 Å². The van der Waals surface area contributed by atoms with E-state index in [1.54, 1.807) is 6.92 Å². The average molecular weight is 181 g/mol. The van der Waals surface area contributed by atoms with Crippen molar-refractivity contribution >= 4 is 23.4 Å². The molecular weight excluding hydrogens is 170 g/mol. The predicted octanol–water partition coefficient (Wildman–Crippen LogP) is 1.38. The number of carbonyl (C=O) groups excluding carboxylic acids is 1.